The average molecular weight is 266 g/mol. The topological polar surface area (TPSA) is 58.6 Å². The predicted octanol–water partition coefficient (Wildman–Crippen LogP) is 0.937. The van der Waals surface area contributed by atoms with Crippen molar-refractivity contribution in [3.05, 3.63) is 35.6 Å². The van der Waals surface area contributed by atoms with Crippen LogP contribution in [0.2, 0.25) is 0 Å². The van der Waals surface area contributed by atoms with E-state index in [2.05, 4.69) is 5.32 Å². The number of hydrogen-bond acceptors (Lipinski definition) is 3. The van der Waals surface area contributed by atoms with Gasteiger partial charge in [0.2, 0.25) is 5.91 Å². The largest absolute Gasteiger partial charge is 0.448 e. The number of halogens is 1. The summed E-state index contributed by atoms with van der Waals surface area (Å²) in [6, 6.07) is 5.93. The van der Waals surface area contributed by atoms with Crippen molar-refractivity contribution >= 4 is 12.0 Å². The summed E-state index contributed by atoms with van der Waals surface area (Å²) in [7, 11) is 0. The van der Waals surface area contributed by atoms with E-state index in [9.17, 15) is 14.0 Å². The lowest BCUT2D eigenvalue weighted by molar-refractivity contribution is -0.120. The van der Waals surface area contributed by atoms with Crippen LogP contribution in [0, 0.1) is 5.82 Å². The van der Waals surface area contributed by atoms with E-state index in [1.54, 1.807) is 12.1 Å². The van der Waals surface area contributed by atoms with Gasteiger partial charge in [-0.1, -0.05) is 12.1 Å². The van der Waals surface area contributed by atoms with Gasteiger partial charge in [0.05, 0.1) is 13.0 Å². The number of benzene rings is 1. The highest BCUT2D eigenvalue weighted by molar-refractivity contribution is 5.78. The summed E-state index contributed by atoms with van der Waals surface area (Å²) in [6.07, 6.45) is -0.221. The standard InChI is InChI=1S/C13H15FN2O3/c14-11-3-1-2-10(8-11)9-12(17)15-4-5-16-6-7-19-13(16)18/h1-3,8H,4-7,9H2,(H,15,17). The van der Waals surface area contributed by atoms with Crippen molar-refractivity contribution in [2.75, 3.05) is 26.2 Å². The zero-order chi connectivity index (χ0) is 13.7. The number of hydrogen-bond donors (Lipinski definition) is 1. The van der Waals surface area contributed by atoms with Gasteiger partial charge in [0.15, 0.2) is 0 Å². The van der Waals surface area contributed by atoms with Gasteiger partial charge in [-0.15, -0.1) is 0 Å². The third-order valence-electron chi connectivity index (χ3n) is 2.80. The molecule has 1 aromatic rings. The molecule has 1 saturated heterocycles. The van der Waals surface area contributed by atoms with E-state index in [-0.39, 0.29) is 24.2 Å². The molecule has 2 rings (SSSR count). The van der Waals surface area contributed by atoms with Gasteiger partial charge in [-0.25, -0.2) is 9.18 Å². The SMILES string of the molecule is O=C(Cc1cccc(F)c1)NCCN1CCOC1=O. The molecule has 5 nitrogen and oxygen atoms in total. The summed E-state index contributed by atoms with van der Waals surface area (Å²) in [5.74, 6) is -0.553. The molecule has 0 aliphatic carbocycles. The summed E-state index contributed by atoms with van der Waals surface area (Å²) >= 11 is 0. The van der Waals surface area contributed by atoms with Crippen LogP contribution in [-0.2, 0) is 16.0 Å². The Bertz CT molecular complexity index is 479. The fraction of sp³-hybridized carbons (Fsp3) is 0.385. The molecule has 2 amide bonds. The molecule has 0 bridgehead atoms. The Morgan fingerprint density at radius 3 is 3.00 bits per heavy atom. The Labute approximate surface area is 110 Å². The minimum atomic E-state index is -0.356. The molecular formula is C13H15FN2O3. The van der Waals surface area contributed by atoms with Crippen LogP contribution in [0.4, 0.5) is 9.18 Å². The fourth-order valence-electron chi connectivity index (χ4n) is 1.85. The summed E-state index contributed by atoms with van der Waals surface area (Å²) < 4.78 is 17.7. The maximum absolute atomic E-state index is 12.9. The molecule has 1 aliphatic heterocycles. The van der Waals surface area contributed by atoms with Crippen molar-refractivity contribution in [1.82, 2.24) is 10.2 Å². The van der Waals surface area contributed by atoms with Crippen molar-refractivity contribution in [1.29, 1.82) is 0 Å². The van der Waals surface area contributed by atoms with E-state index in [1.165, 1.54) is 17.0 Å². The van der Waals surface area contributed by atoms with Gasteiger partial charge >= 0.3 is 6.09 Å². The van der Waals surface area contributed by atoms with E-state index >= 15 is 0 Å². The number of amides is 2. The molecular weight excluding hydrogens is 251 g/mol. The molecule has 1 heterocycles. The maximum Gasteiger partial charge on any atom is 0.409 e. The Kier molecular flexibility index (Phi) is 4.33. The second-order valence-corrected chi connectivity index (χ2v) is 4.26. The smallest absolute Gasteiger partial charge is 0.409 e. The first-order valence-corrected chi connectivity index (χ1v) is 6.08. The number of nitrogens with zero attached hydrogens (tertiary/aromatic N) is 1. The number of carbonyl (C=O) groups is 2. The molecule has 1 fully saturated rings. The zero-order valence-electron chi connectivity index (χ0n) is 10.4. The van der Waals surface area contributed by atoms with Crippen molar-refractivity contribution in [2.45, 2.75) is 6.42 Å². The van der Waals surface area contributed by atoms with Gasteiger partial charge in [-0.2, -0.15) is 0 Å². The van der Waals surface area contributed by atoms with Gasteiger partial charge in [-0.3, -0.25) is 4.79 Å². The lowest BCUT2D eigenvalue weighted by Gasteiger charge is -2.12. The predicted molar refractivity (Wildman–Crippen MR) is 66.0 cm³/mol. The molecule has 19 heavy (non-hydrogen) atoms. The minimum Gasteiger partial charge on any atom is -0.448 e. The van der Waals surface area contributed by atoms with Crippen LogP contribution in [0.1, 0.15) is 5.56 Å². The van der Waals surface area contributed by atoms with Crippen LogP contribution in [0.15, 0.2) is 24.3 Å². The molecule has 1 aliphatic rings. The molecule has 0 unspecified atom stereocenters. The van der Waals surface area contributed by atoms with Crippen molar-refractivity contribution in [2.24, 2.45) is 0 Å². The molecule has 0 atom stereocenters. The fourth-order valence-corrected chi connectivity index (χ4v) is 1.85. The van der Waals surface area contributed by atoms with Crippen LogP contribution < -0.4 is 5.32 Å². The average Bonchev–Trinajstić information content (AvgIpc) is 2.75. The summed E-state index contributed by atoms with van der Waals surface area (Å²) in [5.41, 5.74) is 0.623. The van der Waals surface area contributed by atoms with Gasteiger partial charge in [0, 0.05) is 13.1 Å². The third-order valence-corrected chi connectivity index (χ3v) is 2.80. The second-order valence-electron chi connectivity index (χ2n) is 4.26. The van der Waals surface area contributed by atoms with E-state index < -0.39 is 0 Å². The Morgan fingerprint density at radius 1 is 1.47 bits per heavy atom. The van der Waals surface area contributed by atoms with Crippen LogP contribution in [0.5, 0.6) is 0 Å². The van der Waals surface area contributed by atoms with Crippen LogP contribution in [-0.4, -0.2) is 43.1 Å². The van der Waals surface area contributed by atoms with Gasteiger partial charge in [0.1, 0.15) is 12.4 Å². The Morgan fingerprint density at radius 2 is 2.32 bits per heavy atom. The lowest BCUT2D eigenvalue weighted by atomic mass is 10.1. The van der Waals surface area contributed by atoms with Crippen molar-refractivity contribution in [3.63, 3.8) is 0 Å². The number of carbonyl (C=O) groups excluding carboxylic acids is 2. The monoisotopic (exact) mass is 266 g/mol. The molecule has 1 N–H and O–H groups in total. The van der Waals surface area contributed by atoms with Crippen LogP contribution in [0.3, 0.4) is 0 Å². The second kappa shape index (κ2) is 6.17. The number of ether oxygens (including phenoxy) is 1. The lowest BCUT2D eigenvalue weighted by Crippen LogP contribution is -2.36. The Balaban J connectivity index is 1.71. The number of cyclic esters (lactones) is 1. The zero-order valence-corrected chi connectivity index (χ0v) is 10.4. The van der Waals surface area contributed by atoms with E-state index in [1.807, 2.05) is 0 Å². The summed E-state index contributed by atoms with van der Waals surface area (Å²) in [4.78, 5) is 24.3. The van der Waals surface area contributed by atoms with Crippen molar-refractivity contribution in [3.8, 4) is 0 Å². The maximum atomic E-state index is 12.9. The van der Waals surface area contributed by atoms with Gasteiger partial charge < -0.3 is 15.0 Å². The molecule has 102 valence electrons. The first-order chi connectivity index (χ1) is 9.15. The van der Waals surface area contributed by atoms with E-state index in [0.29, 0.717) is 31.8 Å². The highest BCUT2D eigenvalue weighted by atomic mass is 19.1. The highest BCUT2D eigenvalue weighted by Crippen LogP contribution is 2.04. The summed E-state index contributed by atoms with van der Waals surface area (Å²) in [6.45, 7) is 1.74. The highest BCUT2D eigenvalue weighted by Gasteiger charge is 2.21. The van der Waals surface area contributed by atoms with Crippen molar-refractivity contribution < 1.29 is 18.7 Å². The molecule has 0 aromatic heterocycles. The normalized spacial score (nSPS) is 14.4. The molecule has 0 radical (unpaired) electrons. The quantitative estimate of drug-likeness (QED) is 0.862. The molecule has 0 spiro atoms. The first kappa shape index (κ1) is 13.3. The molecule has 1 aromatic carbocycles. The van der Waals surface area contributed by atoms with Gasteiger partial charge in [-0.05, 0) is 17.7 Å². The Hall–Kier alpha value is -2.11. The van der Waals surface area contributed by atoms with E-state index in [4.69, 9.17) is 4.74 Å². The summed E-state index contributed by atoms with van der Waals surface area (Å²) in [5, 5.41) is 2.69. The molecule has 6 heteroatoms. The number of nitrogens with one attached hydrogen (secondary N) is 1. The third kappa shape index (κ3) is 3.94. The minimum absolute atomic E-state index is 0.127. The van der Waals surface area contributed by atoms with Gasteiger partial charge in [0.25, 0.3) is 0 Å². The van der Waals surface area contributed by atoms with E-state index in [0.717, 1.165) is 0 Å². The van der Waals surface area contributed by atoms with Crippen LogP contribution >= 0.6 is 0 Å². The molecule has 0 saturated carbocycles. The first-order valence-electron chi connectivity index (χ1n) is 6.08. The van der Waals surface area contributed by atoms with Crippen LogP contribution in [0.25, 0.3) is 0 Å². The number of rotatable bonds is 5.